The van der Waals surface area contributed by atoms with Crippen molar-refractivity contribution < 1.29 is 0 Å². The Hall–Kier alpha value is -7.76. The molecular weight excluding hydrogens is 695 g/mol. The summed E-state index contributed by atoms with van der Waals surface area (Å²) in [5.41, 5.74) is 11.3. The first-order chi connectivity index (χ1) is 28.3. The van der Waals surface area contributed by atoms with Gasteiger partial charge in [0.2, 0.25) is 0 Å². The van der Waals surface area contributed by atoms with Gasteiger partial charge >= 0.3 is 0 Å². The molecule has 0 N–H and O–H groups in total. The van der Waals surface area contributed by atoms with Gasteiger partial charge in [-0.1, -0.05) is 164 Å². The van der Waals surface area contributed by atoms with E-state index in [0.717, 1.165) is 72.1 Å². The van der Waals surface area contributed by atoms with Crippen molar-refractivity contribution in [1.29, 1.82) is 0 Å². The lowest BCUT2D eigenvalue weighted by Crippen LogP contribution is -2.01. The quantitative estimate of drug-likeness (QED) is 0.160. The van der Waals surface area contributed by atoms with Gasteiger partial charge in [0.15, 0.2) is 17.5 Å². The third kappa shape index (κ3) is 5.64. The first-order valence-corrected chi connectivity index (χ1v) is 19.1. The maximum Gasteiger partial charge on any atom is 0.164 e. The monoisotopic (exact) mass is 727 g/mol. The maximum absolute atomic E-state index is 5.21. The summed E-state index contributed by atoms with van der Waals surface area (Å²) in [7, 11) is 0. The van der Waals surface area contributed by atoms with Gasteiger partial charge in [-0.15, -0.1) is 0 Å². The lowest BCUT2D eigenvalue weighted by atomic mass is 9.92. The van der Waals surface area contributed by atoms with Crippen LogP contribution in [0, 0.1) is 0 Å². The average molecular weight is 728 g/mol. The highest BCUT2D eigenvalue weighted by Crippen LogP contribution is 2.40. The van der Waals surface area contributed by atoms with Crippen LogP contribution in [0.25, 0.3) is 106 Å². The highest BCUT2D eigenvalue weighted by molar-refractivity contribution is 6.17. The van der Waals surface area contributed by atoms with Crippen molar-refractivity contribution in [2.24, 2.45) is 0 Å². The maximum atomic E-state index is 5.21. The fourth-order valence-corrected chi connectivity index (χ4v) is 8.22. The Balaban J connectivity index is 1.09. The summed E-state index contributed by atoms with van der Waals surface area (Å²) in [5, 5.41) is 5.84. The van der Waals surface area contributed by atoms with Crippen molar-refractivity contribution >= 4 is 43.5 Å². The van der Waals surface area contributed by atoms with Gasteiger partial charge in [-0.05, 0) is 47.5 Å². The van der Waals surface area contributed by atoms with E-state index < -0.39 is 0 Å². The molecule has 0 spiro atoms. The Morgan fingerprint density at radius 1 is 0.316 bits per heavy atom. The Morgan fingerprint density at radius 2 is 0.807 bits per heavy atom. The number of para-hydroxylation sites is 3. The topological polar surface area (TPSA) is 56.5 Å². The predicted molar refractivity (Wildman–Crippen MR) is 234 cm³/mol. The largest absolute Gasteiger partial charge is 0.309 e. The van der Waals surface area contributed by atoms with Crippen LogP contribution in [0.2, 0.25) is 0 Å². The molecule has 8 aromatic carbocycles. The molecule has 3 aromatic heterocycles. The Kier molecular flexibility index (Phi) is 7.74. The fraction of sp³-hybridized carbons (Fsp3) is 0. The van der Waals surface area contributed by atoms with Crippen LogP contribution in [0.5, 0.6) is 0 Å². The van der Waals surface area contributed by atoms with Crippen LogP contribution in [0.1, 0.15) is 0 Å². The molecule has 5 nitrogen and oxygen atoms in total. The van der Waals surface area contributed by atoms with Crippen LogP contribution < -0.4 is 0 Å². The summed E-state index contributed by atoms with van der Waals surface area (Å²) in [6.07, 6.45) is 0. The molecule has 0 amide bonds. The number of benzene rings is 8. The molecule has 0 aliphatic carbocycles. The molecule has 0 aliphatic rings. The van der Waals surface area contributed by atoms with Gasteiger partial charge in [0, 0.05) is 54.9 Å². The first-order valence-electron chi connectivity index (χ1n) is 19.1. The van der Waals surface area contributed by atoms with E-state index >= 15 is 0 Å². The SMILES string of the molecule is c1ccc(-c2nc(-c3cccc(-c4cccc5c(-c6ccccc6)nc6ccccc6c45)c3)nc(-c3cccc(-n4c5ccccc5c5ccccc54)c3)n2)cc1. The number of nitrogens with zero attached hydrogens (tertiary/aromatic N) is 5. The van der Waals surface area contributed by atoms with E-state index in [0.29, 0.717) is 17.5 Å². The zero-order chi connectivity index (χ0) is 37.7. The minimum atomic E-state index is 0.611. The molecule has 11 aromatic rings. The standard InChI is InChI=1S/C52H33N5/c1-3-16-34(17-4-1)49-44-28-15-27-40(48(44)43-26-7-10-29-45(43)53-49)36-20-13-21-37(32-36)51-54-50(35-18-5-2-6-19-35)55-52(56-51)38-22-14-23-39(33-38)57-46-30-11-8-24-41(46)42-25-9-12-31-47(42)57/h1-33H. The number of hydrogen-bond acceptors (Lipinski definition) is 4. The number of rotatable bonds is 6. The van der Waals surface area contributed by atoms with Crippen LogP contribution in [0.3, 0.4) is 0 Å². The van der Waals surface area contributed by atoms with E-state index in [1.807, 2.05) is 36.4 Å². The Labute approximate surface area is 329 Å². The molecule has 0 bridgehead atoms. The summed E-state index contributed by atoms with van der Waals surface area (Å²) in [6.45, 7) is 0. The molecule has 11 rings (SSSR count). The summed E-state index contributed by atoms with van der Waals surface area (Å²) in [5.74, 6) is 1.85. The third-order valence-corrected chi connectivity index (χ3v) is 10.8. The van der Waals surface area contributed by atoms with E-state index in [9.17, 15) is 0 Å². The lowest BCUT2D eigenvalue weighted by Gasteiger charge is -2.15. The van der Waals surface area contributed by atoms with Crippen molar-refractivity contribution in [3.63, 3.8) is 0 Å². The van der Waals surface area contributed by atoms with Gasteiger partial charge in [0.05, 0.1) is 22.2 Å². The summed E-state index contributed by atoms with van der Waals surface area (Å²) in [4.78, 5) is 20.6. The van der Waals surface area contributed by atoms with Crippen LogP contribution in [0.4, 0.5) is 0 Å². The van der Waals surface area contributed by atoms with Crippen LogP contribution in [-0.2, 0) is 0 Å². The molecule has 0 radical (unpaired) electrons. The number of hydrogen-bond donors (Lipinski definition) is 0. The van der Waals surface area contributed by atoms with E-state index in [4.69, 9.17) is 19.9 Å². The lowest BCUT2D eigenvalue weighted by molar-refractivity contribution is 1.07. The summed E-state index contributed by atoms with van der Waals surface area (Å²) in [6, 6.07) is 69.7. The van der Waals surface area contributed by atoms with E-state index in [1.54, 1.807) is 0 Å². The Morgan fingerprint density at radius 3 is 1.51 bits per heavy atom. The molecule has 0 unspecified atom stereocenters. The molecule has 57 heavy (non-hydrogen) atoms. The summed E-state index contributed by atoms with van der Waals surface area (Å²) >= 11 is 0. The zero-order valence-corrected chi connectivity index (χ0v) is 30.8. The van der Waals surface area contributed by atoms with E-state index in [-0.39, 0.29) is 0 Å². The molecule has 0 aliphatic heterocycles. The van der Waals surface area contributed by atoms with Crippen LogP contribution in [0.15, 0.2) is 200 Å². The number of fused-ring (bicyclic) bond motifs is 6. The van der Waals surface area contributed by atoms with Gasteiger partial charge in [-0.25, -0.2) is 19.9 Å². The highest BCUT2D eigenvalue weighted by Gasteiger charge is 2.18. The van der Waals surface area contributed by atoms with Gasteiger partial charge in [-0.3, -0.25) is 0 Å². The average Bonchev–Trinajstić information content (AvgIpc) is 3.63. The fourth-order valence-electron chi connectivity index (χ4n) is 8.22. The molecule has 266 valence electrons. The molecule has 0 atom stereocenters. The van der Waals surface area contributed by atoms with Crippen LogP contribution in [-0.4, -0.2) is 24.5 Å². The number of pyridine rings is 1. The molecular formula is C52H33N5. The third-order valence-electron chi connectivity index (χ3n) is 10.8. The first kappa shape index (κ1) is 32.7. The molecule has 0 saturated carbocycles. The van der Waals surface area contributed by atoms with Gasteiger partial charge in [0.1, 0.15) is 0 Å². The van der Waals surface area contributed by atoms with E-state index in [2.05, 4.69) is 168 Å². The van der Waals surface area contributed by atoms with Gasteiger partial charge < -0.3 is 4.57 Å². The normalized spacial score (nSPS) is 11.5. The second kappa shape index (κ2) is 13.5. The van der Waals surface area contributed by atoms with Crippen molar-refractivity contribution in [2.75, 3.05) is 0 Å². The van der Waals surface area contributed by atoms with Crippen molar-refractivity contribution in [2.45, 2.75) is 0 Å². The zero-order valence-electron chi connectivity index (χ0n) is 30.8. The molecule has 0 fully saturated rings. The second-order valence-electron chi connectivity index (χ2n) is 14.2. The minimum absolute atomic E-state index is 0.611. The van der Waals surface area contributed by atoms with Gasteiger partial charge in [-0.2, -0.15) is 0 Å². The Bertz CT molecular complexity index is 3240. The van der Waals surface area contributed by atoms with Crippen molar-refractivity contribution in [1.82, 2.24) is 24.5 Å². The van der Waals surface area contributed by atoms with E-state index in [1.165, 1.54) is 16.2 Å². The number of aromatic nitrogens is 5. The highest BCUT2D eigenvalue weighted by atomic mass is 15.0. The van der Waals surface area contributed by atoms with Gasteiger partial charge in [0.25, 0.3) is 0 Å². The van der Waals surface area contributed by atoms with Crippen molar-refractivity contribution in [3.05, 3.63) is 200 Å². The van der Waals surface area contributed by atoms with Crippen LogP contribution >= 0.6 is 0 Å². The molecule has 0 saturated heterocycles. The smallest absolute Gasteiger partial charge is 0.164 e. The molecule has 3 heterocycles. The minimum Gasteiger partial charge on any atom is -0.309 e. The predicted octanol–water partition coefficient (Wildman–Crippen LogP) is 13.0. The molecule has 5 heteroatoms. The second-order valence-corrected chi connectivity index (χ2v) is 14.2. The summed E-state index contributed by atoms with van der Waals surface area (Å²) < 4.78 is 2.32. The van der Waals surface area contributed by atoms with Crippen molar-refractivity contribution in [3.8, 4) is 62.2 Å².